The Kier molecular flexibility index (Phi) is 3.78. The molecule has 1 rings (SSSR count). The number of hydrogen-bond acceptors (Lipinski definition) is 4. The van der Waals surface area contributed by atoms with Crippen molar-refractivity contribution in [2.45, 2.75) is 11.0 Å². The van der Waals surface area contributed by atoms with Crippen LogP contribution >= 0.6 is 0 Å². The van der Waals surface area contributed by atoms with Crippen LogP contribution in [0.1, 0.15) is 0 Å². The van der Waals surface area contributed by atoms with Crippen molar-refractivity contribution in [3.63, 3.8) is 0 Å². The van der Waals surface area contributed by atoms with Crippen molar-refractivity contribution in [1.29, 1.82) is 0 Å². The molecule has 2 N–H and O–H groups in total. The summed E-state index contributed by atoms with van der Waals surface area (Å²) in [6, 6.07) is 4.51. The SMILES string of the molecule is O=S(=O)(CC(O)CO)c1cccc(F)c1. The average molecular weight is 234 g/mol. The lowest BCUT2D eigenvalue weighted by atomic mass is 10.3. The number of hydrogen-bond donors (Lipinski definition) is 2. The molecule has 1 atom stereocenters. The van der Waals surface area contributed by atoms with Gasteiger partial charge in [-0.15, -0.1) is 0 Å². The number of halogens is 1. The monoisotopic (exact) mass is 234 g/mol. The molecule has 0 aliphatic carbocycles. The first-order chi connectivity index (χ1) is 6.95. The van der Waals surface area contributed by atoms with Gasteiger partial charge < -0.3 is 10.2 Å². The van der Waals surface area contributed by atoms with Crippen LogP contribution in [0.5, 0.6) is 0 Å². The van der Waals surface area contributed by atoms with Crippen LogP contribution in [0.25, 0.3) is 0 Å². The van der Waals surface area contributed by atoms with Crippen LogP contribution in [0, 0.1) is 5.82 Å². The zero-order chi connectivity index (χ0) is 11.5. The van der Waals surface area contributed by atoms with Crippen molar-refractivity contribution >= 4 is 9.84 Å². The molecular formula is C9H11FO4S. The lowest BCUT2D eigenvalue weighted by Gasteiger charge is -2.08. The molecule has 0 bridgehead atoms. The van der Waals surface area contributed by atoms with Crippen LogP contribution in [0.4, 0.5) is 4.39 Å². The first-order valence-corrected chi connectivity index (χ1v) is 5.88. The van der Waals surface area contributed by atoms with E-state index in [9.17, 15) is 12.8 Å². The van der Waals surface area contributed by atoms with Crippen molar-refractivity contribution < 1.29 is 23.0 Å². The summed E-state index contributed by atoms with van der Waals surface area (Å²) in [5, 5.41) is 17.5. The Morgan fingerprint density at radius 3 is 2.60 bits per heavy atom. The molecule has 4 nitrogen and oxygen atoms in total. The van der Waals surface area contributed by atoms with Crippen molar-refractivity contribution in [2.24, 2.45) is 0 Å². The molecule has 0 radical (unpaired) electrons. The normalized spacial score (nSPS) is 13.8. The van der Waals surface area contributed by atoms with E-state index in [0.717, 1.165) is 12.1 Å². The predicted octanol–water partition coefficient (Wildman–Crippen LogP) is -0.0474. The van der Waals surface area contributed by atoms with E-state index in [-0.39, 0.29) is 4.90 Å². The molecule has 0 aliphatic rings. The molecule has 0 saturated heterocycles. The third-order valence-electron chi connectivity index (χ3n) is 1.78. The number of aliphatic hydroxyl groups excluding tert-OH is 2. The van der Waals surface area contributed by atoms with Gasteiger partial charge in [-0.2, -0.15) is 0 Å². The standard InChI is InChI=1S/C9H11FO4S/c10-7-2-1-3-9(4-7)15(13,14)6-8(12)5-11/h1-4,8,11-12H,5-6H2. The van der Waals surface area contributed by atoms with Crippen LogP contribution in [0.2, 0.25) is 0 Å². The number of rotatable bonds is 4. The molecule has 0 aliphatic heterocycles. The van der Waals surface area contributed by atoms with E-state index in [0.29, 0.717) is 0 Å². The van der Waals surface area contributed by atoms with E-state index in [2.05, 4.69) is 0 Å². The molecule has 15 heavy (non-hydrogen) atoms. The maximum absolute atomic E-state index is 12.7. The minimum absolute atomic E-state index is 0.199. The zero-order valence-electron chi connectivity index (χ0n) is 7.80. The van der Waals surface area contributed by atoms with E-state index < -0.39 is 34.1 Å². The lowest BCUT2D eigenvalue weighted by molar-refractivity contribution is 0.112. The summed E-state index contributed by atoms with van der Waals surface area (Å²) in [5.74, 6) is -1.28. The minimum Gasteiger partial charge on any atom is -0.394 e. The summed E-state index contributed by atoms with van der Waals surface area (Å²) in [6.45, 7) is -0.644. The maximum Gasteiger partial charge on any atom is 0.181 e. The number of benzene rings is 1. The van der Waals surface area contributed by atoms with Crippen LogP contribution in [-0.4, -0.2) is 37.1 Å². The van der Waals surface area contributed by atoms with Crippen molar-refractivity contribution in [3.05, 3.63) is 30.1 Å². The topological polar surface area (TPSA) is 74.6 Å². The number of aliphatic hydroxyl groups is 2. The summed E-state index contributed by atoms with van der Waals surface area (Å²) in [5.41, 5.74) is 0. The highest BCUT2D eigenvalue weighted by Gasteiger charge is 2.19. The van der Waals surface area contributed by atoms with Crippen LogP contribution in [0.15, 0.2) is 29.2 Å². The fraction of sp³-hybridized carbons (Fsp3) is 0.333. The van der Waals surface area contributed by atoms with Crippen molar-refractivity contribution in [3.8, 4) is 0 Å². The molecule has 0 aromatic heterocycles. The summed E-state index contributed by atoms with van der Waals surface area (Å²) in [4.78, 5) is -0.199. The molecule has 1 aromatic carbocycles. The quantitative estimate of drug-likeness (QED) is 0.766. The zero-order valence-corrected chi connectivity index (χ0v) is 8.61. The Hall–Kier alpha value is -0.980. The molecule has 6 heteroatoms. The molecule has 0 saturated carbocycles. The third-order valence-corrected chi connectivity index (χ3v) is 3.57. The van der Waals surface area contributed by atoms with Crippen LogP contribution in [-0.2, 0) is 9.84 Å². The van der Waals surface area contributed by atoms with Gasteiger partial charge in [-0.05, 0) is 18.2 Å². The van der Waals surface area contributed by atoms with Gasteiger partial charge in [0.25, 0.3) is 0 Å². The van der Waals surface area contributed by atoms with Crippen LogP contribution < -0.4 is 0 Å². The van der Waals surface area contributed by atoms with Gasteiger partial charge in [-0.25, -0.2) is 12.8 Å². The maximum atomic E-state index is 12.7. The van der Waals surface area contributed by atoms with E-state index in [4.69, 9.17) is 10.2 Å². The summed E-state index contributed by atoms with van der Waals surface area (Å²) in [6.07, 6.45) is -1.35. The van der Waals surface area contributed by atoms with E-state index in [1.54, 1.807) is 0 Å². The predicted molar refractivity (Wildman–Crippen MR) is 51.5 cm³/mol. The van der Waals surface area contributed by atoms with Gasteiger partial charge in [-0.3, -0.25) is 0 Å². The Labute approximate surface area is 86.9 Å². The number of sulfone groups is 1. The van der Waals surface area contributed by atoms with Crippen molar-refractivity contribution in [1.82, 2.24) is 0 Å². The van der Waals surface area contributed by atoms with Gasteiger partial charge >= 0.3 is 0 Å². The fourth-order valence-electron chi connectivity index (χ4n) is 1.06. The smallest absolute Gasteiger partial charge is 0.181 e. The Bertz CT molecular complexity index is 429. The Morgan fingerprint density at radius 2 is 2.07 bits per heavy atom. The summed E-state index contributed by atoms with van der Waals surface area (Å²) >= 11 is 0. The fourth-order valence-corrected chi connectivity index (χ4v) is 2.45. The Balaban J connectivity index is 2.96. The highest BCUT2D eigenvalue weighted by molar-refractivity contribution is 7.91. The molecule has 0 fully saturated rings. The first kappa shape index (κ1) is 12.1. The van der Waals surface area contributed by atoms with Crippen LogP contribution in [0.3, 0.4) is 0 Å². The second-order valence-corrected chi connectivity index (χ2v) is 5.11. The van der Waals surface area contributed by atoms with E-state index in [1.807, 2.05) is 0 Å². The molecule has 84 valence electrons. The van der Waals surface area contributed by atoms with Gasteiger partial charge in [0, 0.05) is 0 Å². The van der Waals surface area contributed by atoms with E-state index in [1.165, 1.54) is 12.1 Å². The van der Waals surface area contributed by atoms with Crippen molar-refractivity contribution in [2.75, 3.05) is 12.4 Å². The van der Waals surface area contributed by atoms with Gasteiger partial charge in [0.2, 0.25) is 0 Å². The molecule has 0 heterocycles. The van der Waals surface area contributed by atoms with Gasteiger partial charge in [0.1, 0.15) is 5.82 Å². The molecule has 0 amide bonds. The molecule has 1 unspecified atom stereocenters. The van der Waals surface area contributed by atoms with Gasteiger partial charge in [-0.1, -0.05) is 6.07 Å². The minimum atomic E-state index is -3.74. The van der Waals surface area contributed by atoms with Gasteiger partial charge in [0.05, 0.1) is 23.4 Å². The second-order valence-electron chi connectivity index (χ2n) is 3.08. The largest absolute Gasteiger partial charge is 0.394 e. The Morgan fingerprint density at radius 1 is 1.40 bits per heavy atom. The van der Waals surface area contributed by atoms with Gasteiger partial charge in [0.15, 0.2) is 9.84 Å². The molecular weight excluding hydrogens is 223 g/mol. The first-order valence-electron chi connectivity index (χ1n) is 4.23. The molecule has 0 spiro atoms. The second kappa shape index (κ2) is 4.69. The third kappa shape index (κ3) is 3.26. The summed E-state index contributed by atoms with van der Waals surface area (Å²) < 4.78 is 35.8. The lowest BCUT2D eigenvalue weighted by Crippen LogP contribution is -2.24. The average Bonchev–Trinajstić information content (AvgIpc) is 2.17. The molecule has 1 aromatic rings. The highest BCUT2D eigenvalue weighted by atomic mass is 32.2. The van der Waals surface area contributed by atoms with E-state index >= 15 is 0 Å². The highest BCUT2D eigenvalue weighted by Crippen LogP contribution is 2.13. The summed E-state index contributed by atoms with van der Waals surface area (Å²) in [7, 11) is -3.74.